The van der Waals surface area contributed by atoms with Crippen LogP contribution in [0.25, 0.3) is 21.3 Å². The van der Waals surface area contributed by atoms with Crippen molar-refractivity contribution in [3.05, 3.63) is 94.4 Å². The fourth-order valence-corrected chi connectivity index (χ4v) is 4.55. The summed E-state index contributed by atoms with van der Waals surface area (Å²) < 4.78 is 33.7. The molecule has 0 amide bonds. The number of nitrogens with zero attached hydrogens (tertiary/aromatic N) is 3. The van der Waals surface area contributed by atoms with E-state index in [0.717, 1.165) is 27.6 Å². The van der Waals surface area contributed by atoms with E-state index in [0.29, 0.717) is 22.1 Å². The van der Waals surface area contributed by atoms with E-state index in [2.05, 4.69) is 15.3 Å². The van der Waals surface area contributed by atoms with Crippen molar-refractivity contribution < 1.29 is 13.5 Å². The lowest BCUT2D eigenvalue weighted by Gasteiger charge is -2.15. The van der Waals surface area contributed by atoms with Crippen LogP contribution < -0.4 is 10.1 Å². The van der Waals surface area contributed by atoms with Gasteiger partial charge in [0.05, 0.1) is 10.9 Å². The summed E-state index contributed by atoms with van der Waals surface area (Å²) in [6.07, 6.45) is 0. The molecule has 172 valence electrons. The number of nitrogens with one attached hydrogen (secondary N) is 1. The Labute approximate surface area is 204 Å². The average molecular weight is 485 g/mol. The molecule has 0 unspecified atom stereocenters. The van der Waals surface area contributed by atoms with E-state index in [1.807, 2.05) is 37.4 Å². The molecule has 0 spiro atoms. The van der Waals surface area contributed by atoms with Crippen molar-refractivity contribution in [2.75, 3.05) is 5.32 Å². The maximum atomic E-state index is 14.0. The Kier molecular flexibility index (Phi) is 5.85. The average Bonchev–Trinajstić information content (AvgIpc) is 3.31. The number of hydrogen-bond acceptors (Lipinski definition) is 6. The number of halogens is 2. The van der Waals surface area contributed by atoms with Gasteiger partial charge in [-0.1, -0.05) is 12.1 Å². The van der Waals surface area contributed by atoms with Crippen molar-refractivity contribution >= 4 is 33.2 Å². The highest BCUT2D eigenvalue weighted by Gasteiger charge is 2.16. The quantitative estimate of drug-likeness (QED) is 0.277. The van der Waals surface area contributed by atoms with Crippen LogP contribution in [0.1, 0.15) is 16.7 Å². The summed E-state index contributed by atoms with van der Waals surface area (Å²) in [7, 11) is 0. The number of fused-ring (bicyclic) bond motifs is 1. The van der Waals surface area contributed by atoms with Gasteiger partial charge in [0, 0.05) is 5.69 Å². The van der Waals surface area contributed by atoms with Crippen LogP contribution >= 0.6 is 11.3 Å². The van der Waals surface area contributed by atoms with Gasteiger partial charge in [-0.05, 0) is 90.0 Å². The van der Waals surface area contributed by atoms with Crippen molar-refractivity contribution in [1.82, 2.24) is 9.97 Å². The second kappa shape index (κ2) is 9.12. The van der Waals surface area contributed by atoms with Gasteiger partial charge in [-0.25, -0.2) is 13.8 Å². The van der Waals surface area contributed by atoms with E-state index in [-0.39, 0.29) is 17.3 Å². The minimum Gasteiger partial charge on any atom is -0.438 e. The molecule has 5 aromatic rings. The van der Waals surface area contributed by atoms with E-state index < -0.39 is 5.82 Å². The number of thiophene rings is 1. The molecule has 5 nitrogen and oxygen atoms in total. The predicted octanol–water partition coefficient (Wildman–Crippen LogP) is 7.66. The Morgan fingerprint density at radius 3 is 2.34 bits per heavy atom. The van der Waals surface area contributed by atoms with Crippen LogP contribution in [-0.2, 0) is 0 Å². The van der Waals surface area contributed by atoms with Crippen LogP contribution in [0.3, 0.4) is 0 Å². The van der Waals surface area contributed by atoms with Crippen molar-refractivity contribution in [3.8, 4) is 28.8 Å². The maximum absolute atomic E-state index is 14.0. The van der Waals surface area contributed by atoms with Gasteiger partial charge < -0.3 is 10.1 Å². The Hall–Kier alpha value is -4.35. The molecule has 0 aliphatic heterocycles. The van der Waals surface area contributed by atoms with Crippen molar-refractivity contribution in [2.45, 2.75) is 13.8 Å². The normalized spacial score (nSPS) is 10.8. The number of aromatic nitrogens is 2. The molecule has 0 fully saturated rings. The largest absolute Gasteiger partial charge is 0.438 e. The lowest BCUT2D eigenvalue weighted by molar-refractivity contribution is 0.462. The summed E-state index contributed by atoms with van der Waals surface area (Å²) in [5, 5.41) is 14.6. The molecular formula is C27H18F2N4OS. The van der Waals surface area contributed by atoms with Gasteiger partial charge >= 0.3 is 0 Å². The fraction of sp³-hybridized carbons (Fsp3) is 0.0741. The van der Waals surface area contributed by atoms with E-state index >= 15 is 0 Å². The van der Waals surface area contributed by atoms with Crippen LogP contribution in [0.15, 0.2) is 66.0 Å². The van der Waals surface area contributed by atoms with Gasteiger partial charge in [0.2, 0.25) is 11.8 Å². The molecule has 0 bridgehead atoms. The standard InChI is InChI=1S/C27H18F2N4OS/c1-15-11-19(17-3-6-20(28)7-4-17)12-16(2)24(15)34-25-22-9-10-35-26(22)33-27(32-25)31-21-8-5-18(14-30)23(29)13-21/h3-13H,1-2H3,(H,31,32,33). The summed E-state index contributed by atoms with van der Waals surface area (Å²) in [5.41, 5.74) is 4.04. The molecule has 0 aliphatic carbocycles. The first-order chi connectivity index (χ1) is 16.9. The minimum atomic E-state index is -0.626. The Bertz CT molecular complexity index is 1580. The molecule has 2 heterocycles. The second-order valence-corrected chi connectivity index (χ2v) is 8.87. The molecule has 0 atom stereocenters. The first-order valence-corrected chi connectivity index (χ1v) is 11.6. The lowest BCUT2D eigenvalue weighted by Crippen LogP contribution is -2.01. The molecule has 35 heavy (non-hydrogen) atoms. The fourth-order valence-electron chi connectivity index (χ4n) is 3.79. The number of rotatable bonds is 5. The monoisotopic (exact) mass is 484 g/mol. The zero-order chi connectivity index (χ0) is 24.5. The van der Waals surface area contributed by atoms with Gasteiger partial charge in [-0.3, -0.25) is 0 Å². The second-order valence-electron chi connectivity index (χ2n) is 7.97. The lowest BCUT2D eigenvalue weighted by atomic mass is 10.00. The van der Waals surface area contributed by atoms with E-state index in [1.54, 1.807) is 24.3 Å². The number of anilines is 2. The molecule has 0 radical (unpaired) electrons. The van der Waals surface area contributed by atoms with Gasteiger partial charge in [0.15, 0.2) is 0 Å². The van der Waals surface area contributed by atoms with E-state index in [4.69, 9.17) is 10.00 Å². The number of ether oxygens (including phenoxy) is 1. The molecule has 0 aliphatic rings. The van der Waals surface area contributed by atoms with Crippen molar-refractivity contribution in [2.24, 2.45) is 0 Å². The molecule has 2 aromatic heterocycles. The zero-order valence-electron chi connectivity index (χ0n) is 18.8. The van der Waals surface area contributed by atoms with Crippen molar-refractivity contribution in [3.63, 3.8) is 0 Å². The summed E-state index contributed by atoms with van der Waals surface area (Å²) in [6.45, 7) is 3.89. The Morgan fingerprint density at radius 2 is 1.66 bits per heavy atom. The van der Waals surface area contributed by atoms with Crippen molar-refractivity contribution in [1.29, 1.82) is 5.26 Å². The third-order valence-electron chi connectivity index (χ3n) is 5.47. The summed E-state index contributed by atoms with van der Waals surface area (Å²) >= 11 is 1.44. The predicted molar refractivity (Wildman–Crippen MR) is 133 cm³/mol. The molecular weight excluding hydrogens is 466 g/mol. The van der Waals surface area contributed by atoms with E-state index in [9.17, 15) is 8.78 Å². The summed E-state index contributed by atoms with van der Waals surface area (Å²) in [6, 6.07) is 18.2. The highest BCUT2D eigenvalue weighted by atomic mass is 32.1. The zero-order valence-corrected chi connectivity index (χ0v) is 19.6. The highest BCUT2D eigenvalue weighted by Crippen LogP contribution is 2.37. The van der Waals surface area contributed by atoms with Gasteiger partial charge in [0.25, 0.3) is 0 Å². The smallest absolute Gasteiger partial charge is 0.232 e. The first-order valence-electron chi connectivity index (χ1n) is 10.7. The van der Waals surface area contributed by atoms with Crippen LogP contribution in [0, 0.1) is 36.8 Å². The number of hydrogen-bond donors (Lipinski definition) is 1. The third kappa shape index (κ3) is 4.54. The van der Waals surface area contributed by atoms with Crippen LogP contribution in [0.5, 0.6) is 11.6 Å². The molecule has 1 N–H and O–H groups in total. The van der Waals surface area contributed by atoms with Crippen LogP contribution in [-0.4, -0.2) is 9.97 Å². The van der Waals surface area contributed by atoms with Crippen LogP contribution in [0.2, 0.25) is 0 Å². The SMILES string of the molecule is Cc1cc(-c2ccc(F)cc2)cc(C)c1Oc1nc(Nc2ccc(C#N)c(F)c2)nc2sccc12. The van der Waals surface area contributed by atoms with Gasteiger partial charge in [-0.15, -0.1) is 11.3 Å². The maximum Gasteiger partial charge on any atom is 0.232 e. The molecule has 5 rings (SSSR count). The highest BCUT2D eigenvalue weighted by molar-refractivity contribution is 7.16. The Balaban J connectivity index is 1.49. The van der Waals surface area contributed by atoms with Gasteiger partial charge in [-0.2, -0.15) is 10.2 Å². The number of benzene rings is 3. The van der Waals surface area contributed by atoms with Gasteiger partial charge in [0.1, 0.15) is 28.3 Å². The summed E-state index contributed by atoms with van der Waals surface area (Å²) in [5.74, 6) is 0.376. The van der Waals surface area contributed by atoms with E-state index in [1.165, 1.54) is 35.6 Å². The number of nitriles is 1. The Morgan fingerprint density at radius 1 is 0.914 bits per heavy atom. The molecule has 8 heteroatoms. The minimum absolute atomic E-state index is 0.0377. The topological polar surface area (TPSA) is 70.8 Å². The molecule has 0 saturated heterocycles. The number of aryl methyl sites for hydroxylation is 2. The first kappa shape index (κ1) is 22.4. The molecule has 0 saturated carbocycles. The summed E-state index contributed by atoms with van der Waals surface area (Å²) in [4.78, 5) is 9.76. The van der Waals surface area contributed by atoms with Crippen LogP contribution in [0.4, 0.5) is 20.4 Å². The molecule has 3 aromatic carbocycles. The third-order valence-corrected chi connectivity index (χ3v) is 6.28.